The first-order valence-corrected chi connectivity index (χ1v) is 11.7. The molecule has 5 rings (SSSR count). The first kappa shape index (κ1) is 23.8. The van der Waals surface area contributed by atoms with E-state index in [0.29, 0.717) is 17.3 Å². The van der Waals surface area contributed by atoms with Crippen LogP contribution in [0.15, 0.2) is 43.1 Å². The van der Waals surface area contributed by atoms with Gasteiger partial charge in [-0.3, -0.25) is 4.79 Å². The van der Waals surface area contributed by atoms with Crippen molar-refractivity contribution in [3.63, 3.8) is 0 Å². The van der Waals surface area contributed by atoms with Gasteiger partial charge >= 0.3 is 0 Å². The number of allylic oxidation sites excluding steroid dienone is 1. The fourth-order valence-corrected chi connectivity index (χ4v) is 4.33. The molecule has 8 heteroatoms. The van der Waals surface area contributed by atoms with Crippen LogP contribution < -0.4 is 15.5 Å². The Bertz CT molecular complexity index is 1170. The van der Waals surface area contributed by atoms with Gasteiger partial charge in [0.2, 0.25) is 12.4 Å². The summed E-state index contributed by atoms with van der Waals surface area (Å²) in [5.41, 5.74) is 5.88. The Balaban J connectivity index is 0.000000499. The van der Waals surface area contributed by atoms with Crippen LogP contribution in [0.25, 0.3) is 16.7 Å². The predicted molar refractivity (Wildman–Crippen MR) is 139 cm³/mol. The van der Waals surface area contributed by atoms with Crippen LogP contribution in [-0.4, -0.2) is 66.1 Å². The Morgan fingerprint density at radius 2 is 1.88 bits per heavy atom. The minimum absolute atomic E-state index is 0.347. The van der Waals surface area contributed by atoms with Crippen molar-refractivity contribution >= 4 is 40.5 Å². The average Bonchev–Trinajstić information content (AvgIpc) is 3.07. The number of rotatable bonds is 6. The number of benzene rings is 1. The molecule has 3 aromatic rings. The second kappa shape index (κ2) is 9.46. The number of nitrogens with one attached hydrogen (secondary N) is 2. The highest BCUT2D eigenvalue weighted by Crippen LogP contribution is 2.37. The second-order valence-electron chi connectivity index (χ2n) is 9.94. The molecule has 0 bridgehead atoms. The van der Waals surface area contributed by atoms with Crippen LogP contribution in [0.3, 0.4) is 0 Å². The molecule has 1 amide bonds. The van der Waals surface area contributed by atoms with Crippen molar-refractivity contribution < 1.29 is 4.79 Å². The van der Waals surface area contributed by atoms with E-state index in [-0.39, 0.29) is 0 Å². The summed E-state index contributed by atoms with van der Waals surface area (Å²) in [4.78, 5) is 22.6. The number of hydrogen-bond acceptors (Lipinski definition) is 6. The van der Waals surface area contributed by atoms with Gasteiger partial charge in [0, 0.05) is 80.0 Å². The molecule has 8 nitrogen and oxygen atoms in total. The minimum Gasteiger partial charge on any atom is -0.370 e. The first-order chi connectivity index (χ1) is 16.2. The molecule has 4 heterocycles. The summed E-state index contributed by atoms with van der Waals surface area (Å²) < 4.78 is 2.13. The Morgan fingerprint density at radius 1 is 1.24 bits per heavy atom. The number of hydrogen-bond donors (Lipinski definition) is 2. The highest BCUT2D eigenvalue weighted by atomic mass is 16.1. The predicted octanol–water partition coefficient (Wildman–Crippen LogP) is 3.72. The fourth-order valence-electron chi connectivity index (χ4n) is 4.33. The summed E-state index contributed by atoms with van der Waals surface area (Å²) >= 11 is 0. The molecule has 1 spiro atoms. The van der Waals surface area contributed by atoms with Crippen molar-refractivity contribution in [3.8, 4) is 0 Å². The lowest BCUT2D eigenvalue weighted by Crippen LogP contribution is -2.71. The van der Waals surface area contributed by atoms with Crippen LogP contribution in [0.4, 0.5) is 17.3 Å². The molecule has 2 N–H and O–H groups in total. The molecular weight excluding hydrogens is 426 g/mol. The van der Waals surface area contributed by atoms with Crippen LogP contribution in [0.2, 0.25) is 0 Å². The van der Waals surface area contributed by atoms with E-state index in [2.05, 4.69) is 82.8 Å². The summed E-state index contributed by atoms with van der Waals surface area (Å²) in [7, 11) is 3.38. The molecule has 2 aromatic heterocycles. The molecular formula is C26H35N7O. The maximum Gasteiger partial charge on any atom is 0.229 e. The van der Waals surface area contributed by atoms with Crippen LogP contribution >= 0.6 is 0 Å². The van der Waals surface area contributed by atoms with Gasteiger partial charge in [-0.25, -0.2) is 4.98 Å². The van der Waals surface area contributed by atoms with Crippen molar-refractivity contribution in [1.29, 1.82) is 0 Å². The van der Waals surface area contributed by atoms with Gasteiger partial charge in [0.15, 0.2) is 0 Å². The molecule has 2 aliphatic rings. The molecule has 180 valence electrons. The number of carbonyl (C=O) groups is 1. The van der Waals surface area contributed by atoms with E-state index in [4.69, 9.17) is 4.98 Å². The standard InChI is InChI=1S/C23H28N6.C3H7NO/c1-15(2)17(4)29-16(3)9-18-10-25-22(27-21(18)29)26-19-5-7-20(8-6-19)28-13-23(14-28)11-24-12-23;1-4(2)3-5/h5-10,15,24H,4,11-14H2,1-3H3,(H,25,26,27);3H,1-2H3. The molecule has 1 aromatic carbocycles. The fraction of sp³-hybridized carbons (Fsp3) is 0.423. The van der Waals surface area contributed by atoms with Gasteiger partial charge in [0.25, 0.3) is 0 Å². The monoisotopic (exact) mass is 461 g/mol. The summed E-state index contributed by atoms with van der Waals surface area (Å²) in [6.07, 6.45) is 2.63. The highest BCUT2D eigenvalue weighted by Gasteiger charge is 2.47. The van der Waals surface area contributed by atoms with E-state index in [1.54, 1.807) is 14.1 Å². The Hall–Kier alpha value is -3.39. The van der Waals surface area contributed by atoms with Gasteiger partial charge in [-0.1, -0.05) is 20.4 Å². The third kappa shape index (κ3) is 4.77. The summed E-state index contributed by atoms with van der Waals surface area (Å²) in [6.45, 7) is 15.3. The molecule has 0 radical (unpaired) electrons. The van der Waals surface area contributed by atoms with E-state index in [0.717, 1.165) is 60.7 Å². The van der Waals surface area contributed by atoms with Crippen molar-refractivity contribution in [2.45, 2.75) is 20.8 Å². The number of amides is 1. The van der Waals surface area contributed by atoms with Crippen molar-refractivity contribution in [3.05, 3.63) is 48.8 Å². The zero-order valence-electron chi connectivity index (χ0n) is 20.8. The van der Waals surface area contributed by atoms with Gasteiger partial charge in [-0.2, -0.15) is 4.98 Å². The number of aromatic nitrogens is 3. The lowest BCUT2D eigenvalue weighted by Gasteiger charge is -2.57. The zero-order valence-corrected chi connectivity index (χ0v) is 20.8. The van der Waals surface area contributed by atoms with Gasteiger partial charge in [0.1, 0.15) is 5.65 Å². The molecule has 34 heavy (non-hydrogen) atoms. The molecule has 2 aliphatic heterocycles. The maximum atomic E-state index is 9.43. The van der Waals surface area contributed by atoms with E-state index in [1.165, 1.54) is 10.6 Å². The quantitative estimate of drug-likeness (QED) is 0.545. The van der Waals surface area contributed by atoms with Gasteiger partial charge in [0.05, 0.1) is 0 Å². The number of fused-ring (bicyclic) bond motifs is 1. The average molecular weight is 462 g/mol. The van der Waals surface area contributed by atoms with Crippen molar-refractivity contribution in [2.24, 2.45) is 11.3 Å². The lowest BCUT2D eigenvalue weighted by atomic mass is 9.74. The van der Waals surface area contributed by atoms with Crippen molar-refractivity contribution in [1.82, 2.24) is 24.8 Å². The van der Waals surface area contributed by atoms with Crippen LogP contribution in [0.1, 0.15) is 19.5 Å². The SMILES string of the molecule is C=C(C(C)C)n1c(C)cc2cnc(Nc3ccc(N4CC5(CNC5)C4)cc3)nc21.CN(C)C=O. The number of nitrogens with zero attached hydrogens (tertiary/aromatic N) is 5. The lowest BCUT2D eigenvalue weighted by molar-refractivity contribution is -0.115. The second-order valence-corrected chi connectivity index (χ2v) is 9.94. The molecule has 2 saturated heterocycles. The van der Waals surface area contributed by atoms with E-state index >= 15 is 0 Å². The molecule has 0 aliphatic carbocycles. The van der Waals surface area contributed by atoms with E-state index < -0.39 is 0 Å². The minimum atomic E-state index is 0.347. The number of carbonyl (C=O) groups excluding carboxylic acids is 1. The van der Waals surface area contributed by atoms with Gasteiger partial charge in [-0.05, 0) is 43.2 Å². The molecule has 0 unspecified atom stereocenters. The van der Waals surface area contributed by atoms with Gasteiger partial charge in [-0.15, -0.1) is 0 Å². The third-order valence-electron chi connectivity index (χ3n) is 6.43. The van der Waals surface area contributed by atoms with E-state index in [1.807, 2.05) is 6.20 Å². The first-order valence-electron chi connectivity index (χ1n) is 11.7. The molecule has 0 atom stereocenters. The molecule has 2 fully saturated rings. The van der Waals surface area contributed by atoms with Crippen LogP contribution in [0.5, 0.6) is 0 Å². The van der Waals surface area contributed by atoms with Crippen LogP contribution in [-0.2, 0) is 4.79 Å². The van der Waals surface area contributed by atoms with Crippen LogP contribution in [0, 0.1) is 18.3 Å². The normalized spacial score (nSPS) is 15.9. The number of aryl methyl sites for hydroxylation is 1. The Kier molecular flexibility index (Phi) is 6.61. The van der Waals surface area contributed by atoms with Gasteiger partial charge < -0.3 is 25.0 Å². The Labute approximate surface area is 201 Å². The maximum absolute atomic E-state index is 9.43. The Morgan fingerprint density at radius 3 is 2.41 bits per heavy atom. The topological polar surface area (TPSA) is 78.3 Å². The molecule has 0 saturated carbocycles. The van der Waals surface area contributed by atoms with E-state index in [9.17, 15) is 4.79 Å². The summed E-state index contributed by atoms with van der Waals surface area (Å²) in [5.74, 6) is 0.948. The zero-order chi connectivity index (χ0) is 24.5. The number of anilines is 3. The largest absolute Gasteiger partial charge is 0.370 e. The summed E-state index contributed by atoms with van der Waals surface area (Å²) in [6, 6.07) is 10.7. The highest BCUT2D eigenvalue weighted by molar-refractivity contribution is 5.82. The van der Waals surface area contributed by atoms with Crippen molar-refractivity contribution in [2.75, 3.05) is 50.5 Å². The summed E-state index contributed by atoms with van der Waals surface area (Å²) in [5, 5.41) is 7.76. The third-order valence-corrected chi connectivity index (χ3v) is 6.43. The smallest absolute Gasteiger partial charge is 0.229 e.